The summed E-state index contributed by atoms with van der Waals surface area (Å²) in [7, 11) is 1.49. The van der Waals surface area contributed by atoms with Crippen LogP contribution >= 0.6 is 21.6 Å². The van der Waals surface area contributed by atoms with Crippen LogP contribution in [0.3, 0.4) is 0 Å². The molecule has 6 rings (SSSR count). The lowest BCUT2D eigenvalue weighted by molar-refractivity contribution is -0.142. The van der Waals surface area contributed by atoms with Crippen molar-refractivity contribution in [2.45, 2.75) is 189 Å². The molecule has 0 radical (unpaired) electrons. The van der Waals surface area contributed by atoms with Gasteiger partial charge in [-0.2, -0.15) is 0 Å². The normalized spacial score (nSPS) is 23.2. The smallest absolute Gasteiger partial charge is 0.327 e. The number of rotatable bonds is 26. The number of nitrogens with one attached hydrogen (secondary N) is 14. The van der Waals surface area contributed by atoms with Gasteiger partial charge in [-0.25, -0.2) is 4.79 Å². The number of hydrogen-bond acceptors (Lipinski definition) is 24. The average molecular weight is 1700 g/mol. The van der Waals surface area contributed by atoms with Crippen molar-refractivity contribution < 1.29 is 102 Å². The van der Waals surface area contributed by atoms with Gasteiger partial charge in [0.05, 0.1) is 37.8 Å². The van der Waals surface area contributed by atoms with E-state index in [1.165, 1.54) is 6.92 Å². The zero-order valence-corrected chi connectivity index (χ0v) is 67.8. The van der Waals surface area contributed by atoms with Gasteiger partial charge in [-0.05, 0) is 101 Å². The number of benzene rings is 4. The zero-order chi connectivity index (χ0) is 87.8. The molecular formula is C78H108N18O21S2. The minimum Gasteiger partial charge on any atom is -0.481 e. The van der Waals surface area contributed by atoms with Gasteiger partial charge in [0.15, 0.2) is 0 Å². The van der Waals surface area contributed by atoms with Crippen LogP contribution in [-0.2, 0) is 102 Å². The average Bonchev–Trinajstić information content (AvgIpc) is 1.67. The van der Waals surface area contributed by atoms with E-state index in [-0.39, 0.29) is 70.9 Å². The van der Waals surface area contributed by atoms with Crippen LogP contribution in [0, 0.1) is 0 Å². The number of amides is 14. The molecule has 4 aromatic carbocycles. The predicted octanol–water partition coefficient (Wildman–Crippen LogP) is -4.82. The molecule has 2 heterocycles. The topological polar surface area (TPSA) is 651 Å². The van der Waals surface area contributed by atoms with Crippen molar-refractivity contribution >= 4 is 127 Å². The lowest BCUT2D eigenvalue weighted by atomic mass is 10.00. The molecule has 0 spiro atoms. The molecule has 1 aromatic heterocycles. The first kappa shape index (κ1) is 98.0. The van der Waals surface area contributed by atoms with E-state index in [9.17, 15) is 78.0 Å². The number of H-pyrrole nitrogens is 1. The highest BCUT2D eigenvalue weighted by molar-refractivity contribution is 8.76. The fourth-order valence-electron chi connectivity index (χ4n) is 11.9. The quantitative estimate of drug-likeness (QED) is 0.0182. The third kappa shape index (κ3) is 34.1. The Labute approximate surface area is 693 Å². The monoisotopic (exact) mass is 1700 g/mol. The number of aliphatic hydroxyl groups excluding tert-OH is 3. The number of aromatic amines is 1. The summed E-state index contributed by atoms with van der Waals surface area (Å²) in [6.45, 7) is 2.96. The first-order valence-electron chi connectivity index (χ1n) is 38.3. The van der Waals surface area contributed by atoms with Gasteiger partial charge in [0.1, 0.15) is 72.5 Å². The first-order valence-corrected chi connectivity index (χ1v) is 40.8. The molecule has 1 fully saturated rings. The third-order valence-electron chi connectivity index (χ3n) is 18.3. The summed E-state index contributed by atoms with van der Waals surface area (Å²) < 4.78 is 0. The van der Waals surface area contributed by atoms with Crippen molar-refractivity contribution in [3.05, 3.63) is 144 Å². The fourth-order valence-corrected chi connectivity index (χ4v) is 14.3. The van der Waals surface area contributed by atoms with E-state index < -0.39 is 216 Å². The van der Waals surface area contributed by atoms with Crippen LogP contribution in [0.1, 0.15) is 94.9 Å². The number of primary amides is 1. The number of carbonyl (C=O) groups is 16. The molecule has 1 aliphatic rings. The minimum absolute atomic E-state index is 0.104. The van der Waals surface area contributed by atoms with Gasteiger partial charge < -0.3 is 123 Å². The number of carbonyl (C=O) groups excluding carboxylic acids is 14. The van der Waals surface area contributed by atoms with Crippen LogP contribution < -0.4 is 92.1 Å². The molecule has 648 valence electrons. The second-order valence-corrected chi connectivity index (χ2v) is 30.7. The zero-order valence-electron chi connectivity index (χ0n) is 66.1. The van der Waals surface area contributed by atoms with Gasteiger partial charge in [0.2, 0.25) is 82.7 Å². The van der Waals surface area contributed by atoms with E-state index >= 15 is 14.4 Å². The number of aliphatic carboxylic acids is 2. The highest BCUT2D eigenvalue weighted by Gasteiger charge is 2.40. The molecule has 1 saturated heterocycles. The summed E-state index contributed by atoms with van der Waals surface area (Å²) in [6, 6.07) is 9.57. The molecule has 27 N–H and O–H groups in total. The van der Waals surface area contributed by atoms with Gasteiger partial charge in [-0.3, -0.25) is 71.9 Å². The highest BCUT2D eigenvalue weighted by atomic mass is 33.1. The standard InChI is InChI=1S/C76H104N18O19S2.C2H4O2/c1-41(79)64(100)82-37-61(99)83-58-39-114-115-40-59(76(112)113)92-72(108)57(38-95)91-75(111)63(43(3)97)94-71(107)54(33-46-23-11-6-12-24-46)90-74(110)62(42(2)96)93-66(102)51(28-16-18-30-78)84-69(105)55(34-47-36-81-49-26-14-13-25-48(47)49)88-68(104)53(32-45-21-9-5-10-22-45)86-67(103)52(31-44-19-7-4-8-20-44)87-70(106)56(35-60(80)98)89-65(101)50(85-73(58)109)27-15-17-29-77;1-2(3)4/h4-14,19-26,36,41-43,50-59,62-63,81,95-97H,15-18,27-35,37-40,77-79H2,1-3H3,(H2,80,98)(H,82,100)(H,83,99)(H,84,105)(H,85,109)(H,86,103)(H,87,106)(H,88,104)(H,89,101)(H,90,110)(H,91,111)(H,92,108)(H,93,102)(H,94,107)(H,112,113);1H3,(H,3,4)/t41-,42+,43+,50?,51?,52?,53-,54?,55?,56-,57?,58-,59-,62-,63-;/m0./s1. The molecule has 119 heavy (non-hydrogen) atoms. The van der Waals surface area contributed by atoms with Crippen molar-refractivity contribution in [2.75, 3.05) is 37.7 Å². The molecule has 0 saturated carbocycles. The number of aliphatic hydroxyl groups is 3. The summed E-state index contributed by atoms with van der Waals surface area (Å²) in [6.07, 6.45) is -3.48. The number of aromatic nitrogens is 1. The Balaban J connectivity index is 0.00000616. The molecule has 1 aliphatic heterocycles. The largest absolute Gasteiger partial charge is 0.481 e. The van der Waals surface area contributed by atoms with Crippen molar-refractivity contribution in [3.63, 3.8) is 0 Å². The molecule has 6 unspecified atom stereocenters. The Morgan fingerprint density at radius 1 is 0.471 bits per heavy atom. The van der Waals surface area contributed by atoms with Crippen molar-refractivity contribution in [1.82, 2.24) is 74.1 Å². The van der Waals surface area contributed by atoms with Crippen LogP contribution in [0.2, 0.25) is 0 Å². The molecule has 15 atom stereocenters. The van der Waals surface area contributed by atoms with Crippen LogP contribution in [0.4, 0.5) is 0 Å². The fraction of sp³-hybridized carbons (Fsp3) is 0.462. The number of fused-ring (bicyclic) bond motifs is 1. The van der Waals surface area contributed by atoms with Gasteiger partial charge >= 0.3 is 5.97 Å². The minimum atomic E-state index is -1.99. The van der Waals surface area contributed by atoms with Gasteiger partial charge in [-0.15, -0.1) is 0 Å². The van der Waals surface area contributed by atoms with E-state index in [1.807, 2.05) is 0 Å². The van der Waals surface area contributed by atoms with E-state index in [0.29, 0.717) is 39.6 Å². The Hall–Kier alpha value is -11.6. The predicted molar refractivity (Wildman–Crippen MR) is 438 cm³/mol. The molecule has 41 heteroatoms. The van der Waals surface area contributed by atoms with Gasteiger partial charge in [0.25, 0.3) is 5.97 Å². The van der Waals surface area contributed by atoms with Crippen LogP contribution in [0.5, 0.6) is 0 Å². The highest BCUT2D eigenvalue weighted by Crippen LogP contribution is 2.25. The number of para-hydroxylation sites is 1. The van der Waals surface area contributed by atoms with Gasteiger partial charge in [-0.1, -0.05) is 131 Å². The Morgan fingerprint density at radius 3 is 1.28 bits per heavy atom. The Kier molecular flexibility index (Phi) is 41.9. The molecular weight excluding hydrogens is 1590 g/mol. The second kappa shape index (κ2) is 50.9. The second-order valence-electron chi connectivity index (χ2n) is 28.1. The SMILES string of the molecule is CC(=O)O.C[C@H](N)C(=O)NCC(=O)N[C@H]1CSSC[C@@H](C(=O)O)NC(=O)C(CO)NC(=O)[C@H]([C@@H](C)O)NC(=O)C(Cc2ccccc2)NC(=O)[C@H]([C@@H](C)O)NC(=O)C(CCCCN)NC(=O)C(Cc2c[nH]c3ccccc23)NC(=O)[C@H](Cc2ccccc2)NC(=O)C(Cc2ccccc2)NC(=O)[C@H](CC(N)=O)NC(=O)C(CCCCN)NC1=O. The van der Waals surface area contributed by atoms with Crippen molar-refractivity contribution in [3.8, 4) is 0 Å². The van der Waals surface area contributed by atoms with E-state index in [2.05, 4.69) is 74.1 Å². The summed E-state index contributed by atoms with van der Waals surface area (Å²) in [5.74, 6) is -18.6. The summed E-state index contributed by atoms with van der Waals surface area (Å²) in [4.78, 5) is 226. The van der Waals surface area contributed by atoms with E-state index in [4.69, 9.17) is 32.8 Å². The lowest BCUT2D eigenvalue weighted by Gasteiger charge is -2.29. The van der Waals surface area contributed by atoms with Crippen LogP contribution in [0.15, 0.2) is 121 Å². The van der Waals surface area contributed by atoms with Crippen LogP contribution in [-0.4, -0.2) is 254 Å². The lowest BCUT2D eigenvalue weighted by Crippen LogP contribution is -2.63. The Morgan fingerprint density at radius 2 is 0.840 bits per heavy atom. The summed E-state index contributed by atoms with van der Waals surface area (Å²) >= 11 is 0. The number of unbranched alkanes of at least 4 members (excludes halogenated alkanes) is 2. The van der Waals surface area contributed by atoms with Crippen LogP contribution in [0.25, 0.3) is 10.9 Å². The Bertz CT molecular complexity index is 4240. The summed E-state index contributed by atoms with van der Waals surface area (Å²) in [5, 5.41) is 83.5. The number of carboxylic acid groups (broad SMARTS) is 2. The maximum atomic E-state index is 15.4. The molecule has 0 bridgehead atoms. The van der Waals surface area contributed by atoms with E-state index in [0.717, 1.165) is 42.4 Å². The molecule has 14 amide bonds. The number of hydrogen-bond donors (Lipinski definition) is 23. The third-order valence-corrected chi connectivity index (χ3v) is 20.7. The summed E-state index contributed by atoms with van der Waals surface area (Å²) in [5.41, 5.74) is 25.6. The van der Waals surface area contributed by atoms with Gasteiger partial charge in [0, 0.05) is 61.2 Å². The molecule has 39 nitrogen and oxygen atoms in total. The molecule has 5 aromatic rings. The molecule has 0 aliphatic carbocycles. The first-order chi connectivity index (χ1) is 56.6. The maximum Gasteiger partial charge on any atom is 0.327 e. The maximum absolute atomic E-state index is 15.4. The van der Waals surface area contributed by atoms with E-state index in [1.54, 1.807) is 121 Å². The van der Waals surface area contributed by atoms with Crippen molar-refractivity contribution in [1.29, 1.82) is 0 Å². The van der Waals surface area contributed by atoms with Crippen molar-refractivity contribution in [2.24, 2.45) is 22.9 Å². The number of carboxylic acids is 2. The number of nitrogens with two attached hydrogens (primary N) is 4.